The summed E-state index contributed by atoms with van der Waals surface area (Å²) in [4.78, 5) is 0. The van der Waals surface area contributed by atoms with Gasteiger partial charge in [0.15, 0.2) is 8.32 Å². The second kappa shape index (κ2) is 5.30. The standard InChI is InChI=1S/C14H19OPSi/c1-17(2,3)15-14(12-8-4-5-9-12)16-13-10-6-7-11-13/h4-13H,1-3H3. The Morgan fingerprint density at radius 1 is 0.941 bits per heavy atom. The van der Waals surface area contributed by atoms with E-state index in [1.165, 1.54) is 13.7 Å². The molecule has 0 aromatic carbocycles. The molecule has 0 aliphatic heterocycles. The topological polar surface area (TPSA) is 9.23 Å². The minimum absolute atomic E-state index is 0.366. The summed E-state index contributed by atoms with van der Waals surface area (Å²) in [5, 5.41) is 0. The summed E-state index contributed by atoms with van der Waals surface area (Å²) in [5.41, 5.74) is 1.69. The average Bonchev–Trinajstić information content (AvgIpc) is 2.86. The lowest BCUT2D eigenvalue weighted by atomic mass is 10.2. The van der Waals surface area contributed by atoms with Crippen molar-refractivity contribution in [3.63, 3.8) is 0 Å². The van der Waals surface area contributed by atoms with Crippen LogP contribution in [-0.4, -0.2) is 19.5 Å². The van der Waals surface area contributed by atoms with E-state index in [9.17, 15) is 0 Å². The maximum absolute atomic E-state index is 6.26. The highest BCUT2D eigenvalue weighted by molar-refractivity contribution is 7.41. The lowest BCUT2D eigenvalue weighted by Crippen LogP contribution is -2.31. The molecule has 90 valence electrons. The van der Waals surface area contributed by atoms with Crippen LogP contribution < -0.4 is 0 Å². The smallest absolute Gasteiger partial charge is 0.191 e. The predicted octanol–water partition coefficient (Wildman–Crippen LogP) is 4.15. The molecule has 0 aromatic heterocycles. The third-order valence-corrected chi connectivity index (χ3v) is 4.74. The summed E-state index contributed by atoms with van der Waals surface area (Å²) in [6, 6.07) is 0. The molecule has 2 aliphatic carbocycles. The molecule has 0 N–H and O–H groups in total. The molecule has 0 unspecified atom stereocenters. The van der Waals surface area contributed by atoms with Gasteiger partial charge in [-0.25, -0.2) is 0 Å². The Morgan fingerprint density at radius 2 is 1.47 bits per heavy atom. The van der Waals surface area contributed by atoms with Crippen LogP contribution in [0.5, 0.6) is 0 Å². The van der Waals surface area contributed by atoms with E-state index in [1.54, 1.807) is 0 Å². The maximum Gasteiger partial charge on any atom is 0.191 e. The first-order chi connectivity index (χ1) is 8.04. The van der Waals surface area contributed by atoms with Crippen LogP contribution in [0.25, 0.3) is 0 Å². The molecule has 0 spiro atoms. The molecule has 3 heteroatoms. The maximum atomic E-state index is 6.26. The van der Waals surface area contributed by atoms with Crippen molar-refractivity contribution in [2.45, 2.75) is 25.3 Å². The van der Waals surface area contributed by atoms with Gasteiger partial charge in [0.25, 0.3) is 0 Å². The Labute approximate surface area is 107 Å². The van der Waals surface area contributed by atoms with Gasteiger partial charge in [0.2, 0.25) is 0 Å². The zero-order valence-electron chi connectivity index (χ0n) is 10.6. The van der Waals surface area contributed by atoms with E-state index in [1.807, 2.05) is 0 Å². The lowest BCUT2D eigenvalue weighted by molar-refractivity contribution is 0.541. The first kappa shape index (κ1) is 12.8. The second-order valence-electron chi connectivity index (χ2n) is 5.24. The van der Waals surface area contributed by atoms with Crippen molar-refractivity contribution in [1.82, 2.24) is 0 Å². The molecule has 0 amide bonds. The first-order valence-corrected chi connectivity index (χ1v) is 10.4. The van der Waals surface area contributed by atoms with E-state index in [0.29, 0.717) is 11.6 Å². The highest BCUT2D eigenvalue weighted by atomic mass is 31.1. The van der Waals surface area contributed by atoms with E-state index >= 15 is 0 Å². The van der Waals surface area contributed by atoms with Crippen molar-refractivity contribution in [3.8, 4) is 0 Å². The summed E-state index contributed by atoms with van der Waals surface area (Å²) in [6.45, 7) is 6.72. The molecule has 2 aliphatic rings. The summed E-state index contributed by atoms with van der Waals surface area (Å²) in [7, 11) is -0.236. The largest absolute Gasteiger partial charge is 0.385 e. The van der Waals surface area contributed by atoms with Crippen LogP contribution in [0.3, 0.4) is 0 Å². The second-order valence-corrected chi connectivity index (χ2v) is 11.0. The minimum Gasteiger partial charge on any atom is -0.385 e. The predicted molar refractivity (Wildman–Crippen MR) is 80.2 cm³/mol. The van der Waals surface area contributed by atoms with Crippen LogP contribution in [-0.2, 0) is 4.43 Å². The van der Waals surface area contributed by atoms with Crippen LogP contribution in [0, 0.1) is 5.92 Å². The molecular weight excluding hydrogens is 243 g/mol. The fourth-order valence-electron chi connectivity index (χ4n) is 1.74. The normalized spacial score (nSPS) is 21.0. The van der Waals surface area contributed by atoms with Gasteiger partial charge in [-0.1, -0.05) is 56.8 Å². The monoisotopic (exact) mass is 262 g/mol. The van der Waals surface area contributed by atoms with Gasteiger partial charge in [-0.3, -0.25) is 0 Å². The Kier molecular flexibility index (Phi) is 3.98. The molecule has 0 saturated carbocycles. The molecule has 0 atom stereocenters. The number of allylic oxidation sites excluding steroid dienone is 6. The van der Waals surface area contributed by atoms with Crippen LogP contribution in [0.15, 0.2) is 48.6 Å². The molecule has 0 saturated heterocycles. The van der Waals surface area contributed by atoms with Crippen molar-refractivity contribution >= 4 is 22.0 Å². The van der Waals surface area contributed by atoms with Crippen molar-refractivity contribution in [2.24, 2.45) is 5.92 Å². The van der Waals surface area contributed by atoms with Gasteiger partial charge in [0.05, 0.1) is 5.48 Å². The van der Waals surface area contributed by atoms with E-state index in [-0.39, 0.29) is 0 Å². The highest BCUT2D eigenvalue weighted by Gasteiger charge is 2.22. The van der Waals surface area contributed by atoms with E-state index in [4.69, 9.17) is 4.43 Å². The Morgan fingerprint density at radius 3 is 2.00 bits per heavy atom. The van der Waals surface area contributed by atoms with E-state index in [0.717, 1.165) is 0 Å². The summed E-state index contributed by atoms with van der Waals surface area (Å²) >= 11 is 0. The number of hydrogen-bond donors (Lipinski definition) is 0. The molecule has 2 rings (SSSR count). The van der Waals surface area contributed by atoms with Gasteiger partial charge in [0.1, 0.15) is 0 Å². The van der Waals surface area contributed by atoms with E-state index < -0.39 is 8.32 Å². The summed E-state index contributed by atoms with van der Waals surface area (Å²) < 4.78 is 6.26. The number of hydrogen-bond acceptors (Lipinski definition) is 1. The fraction of sp³-hybridized carbons (Fsp3) is 0.357. The van der Waals surface area contributed by atoms with Gasteiger partial charge in [-0.05, 0) is 19.6 Å². The zero-order chi connectivity index (χ0) is 12.3. The quantitative estimate of drug-likeness (QED) is 0.546. The van der Waals surface area contributed by atoms with Gasteiger partial charge >= 0.3 is 0 Å². The summed E-state index contributed by atoms with van der Waals surface area (Å²) in [6.07, 6.45) is 17.3. The van der Waals surface area contributed by atoms with Crippen LogP contribution in [0.4, 0.5) is 0 Å². The first-order valence-electron chi connectivity index (χ1n) is 6.01. The van der Waals surface area contributed by atoms with Crippen LogP contribution in [0.1, 0.15) is 0 Å². The highest BCUT2D eigenvalue weighted by Crippen LogP contribution is 2.26. The zero-order valence-corrected chi connectivity index (χ0v) is 12.5. The Hall–Kier alpha value is -0.693. The van der Waals surface area contributed by atoms with Crippen molar-refractivity contribution in [2.75, 3.05) is 0 Å². The third kappa shape index (κ3) is 3.92. The molecule has 0 aromatic rings. The van der Waals surface area contributed by atoms with Crippen molar-refractivity contribution < 1.29 is 4.43 Å². The van der Waals surface area contributed by atoms with Gasteiger partial charge in [-0.15, -0.1) is 0 Å². The summed E-state index contributed by atoms with van der Waals surface area (Å²) in [5.74, 6) is 0.366. The molecule has 0 radical (unpaired) electrons. The van der Waals surface area contributed by atoms with Crippen molar-refractivity contribution in [1.29, 1.82) is 0 Å². The molecule has 0 bridgehead atoms. The van der Waals surface area contributed by atoms with Crippen LogP contribution >= 0.6 is 8.20 Å². The van der Waals surface area contributed by atoms with Gasteiger partial charge in [0, 0.05) is 11.6 Å². The molecule has 0 heterocycles. The van der Waals surface area contributed by atoms with E-state index in [2.05, 4.69) is 68.2 Å². The third-order valence-electron chi connectivity index (χ3n) is 2.45. The molecule has 17 heavy (non-hydrogen) atoms. The average molecular weight is 262 g/mol. The van der Waals surface area contributed by atoms with Crippen LogP contribution in [0.2, 0.25) is 19.6 Å². The Bertz CT molecular complexity index is 400. The van der Waals surface area contributed by atoms with Crippen molar-refractivity contribution in [3.05, 3.63) is 48.6 Å². The SMILES string of the molecule is C[Si](C)(C)OC(=PC1C=CC=C1)C1C=CC=C1. The molecule has 0 fully saturated rings. The van der Waals surface area contributed by atoms with Gasteiger partial charge < -0.3 is 4.43 Å². The fourth-order valence-corrected chi connectivity index (χ4v) is 4.55. The minimum atomic E-state index is -1.52. The molecule has 1 nitrogen and oxygen atoms in total. The van der Waals surface area contributed by atoms with Gasteiger partial charge in [-0.2, -0.15) is 0 Å². The Balaban J connectivity index is 2.17. The lowest BCUT2D eigenvalue weighted by Gasteiger charge is -2.22. The number of rotatable bonds is 4. The molecular formula is C14H19OPSi.